The van der Waals surface area contributed by atoms with E-state index in [0.29, 0.717) is 17.3 Å². The van der Waals surface area contributed by atoms with Gasteiger partial charge in [0.2, 0.25) is 0 Å². The first-order chi connectivity index (χ1) is 10.0. The molecule has 0 radical (unpaired) electrons. The molecule has 0 saturated carbocycles. The molecule has 112 valence electrons. The van der Waals surface area contributed by atoms with Crippen LogP contribution in [0.2, 0.25) is 0 Å². The van der Waals surface area contributed by atoms with Gasteiger partial charge in [-0.05, 0) is 37.0 Å². The third kappa shape index (κ3) is 3.39. The van der Waals surface area contributed by atoms with Gasteiger partial charge >= 0.3 is 5.97 Å². The summed E-state index contributed by atoms with van der Waals surface area (Å²) in [6, 6.07) is 5.20. The quantitative estimate of drug-likeness (QED) is 0.512. The van der Waals surface area contributed by atoms with Crippen LogP contribution in [0.5, 0.6) is 0 Å². The molecule has 0 amide bonds. The maximum Gasteiger partial charge on any atom is 0.328 e. The minimum Gasteiger partial charge on any atom is -0.478 e. The molecular formula is C15H18N2O4. The van der Waals surface area contributed by atoms with Gasteiger partial charge in [0.05, 0.1) is 4.92 Å². The molecule has 1 saturated heterocycles. The van der Waals surface area contributed by atoms with E-state index in [2.05, 4.69) is 11.8 Å². The van der Waals surface area contributed by atoms with E-state index < -0.39 is 10.9 Å². The molecule has 1 heterocycles. The highest BCUT2D eigenvalue weighted by atomic mass is 16.6. The van der Waals surface area contributed by atoms with Crippen molar-refractivity contribution in [2.45, 2.75) is 32.2 Å². The van der Waals surface area contributed by atoms with Crippen molar-refractivity contribution in [3.8, 4) is 0 Å². The van der Waals surface area contributed by atoms with E-state index >= 15 is 0 Å². The first-order valence-corrected chi connectivity index (χ1v) is 6.99. The molecule has 1 unspecified atom stereocenters. The fourth-order valence-corrected chi connectivity index (χ4v) is 2.78. The average Bonchev–Trinajstić information content (AvgIpc) is 2.93. The summed E-state index contributed by atoms with van der Waals surface area (Å²) in [5.41, 5.74) is 1.17. The number of hydrogen-bond donors (Lipinski definition) is 1. The Balaban J connectivity index is 2.38. The fraction of sp³-hybridized carbons (Fsp3) is 0.400. The van der Waals surface area contributed by atoms with Crippen LogP contribution in [-0.2, 0) is 4.79 Å². The van der Waals surface area contributed by atoms with Crippen molar-refractivity contribution >= 4 is 23.4 Å². The van der Waals surface area contributed by atoms with Crippen LogP contribution in [0.1, 0.15) is 31.7 Å². The van der Waals surface area contributed by atoms with Crippen molar-refractivity contribution in [2.24, 2.45) is 0 Å². The van der Waals surface area contributed by atoms with Crippen LogP contribution < -0.4 is 4.90 Å². The summed E-state index contributed by atoms with van der Waals surface area (Å²) in [6.07, 6.45) is 5.38. The Bertz CT molecular complexity index is 583. The number of nitro benzene ring substituents is 1. The fourth-order valence-electron chi connectivity index (χ4n) is 2.78. The maximum absolute atomic E-state index is 11.3. The zero-order chi connectivity index (χ0) is 15.4. The predicted octanol–water partition coefficient (Wildman–Crippen LogP) is 3.07. The normalized spacial score (nSPS) is 18.3. The number of nitro groups is 1. The number of carboxylic acid groups (broad SMARTS) is 1. The first-order valence-electron chi connectivity index (χ1n) is 6.99. The number of benzene rings is 1. The smallest absolute Gasteiger partial charge is 0.328 e. The number of carboxylic acids is 1. The van der Waals surface area contributed by atoms with Crippen molar-refractivity contribution in [2.75, 3.05) is 11.4 Å². The zero-order valence-electron chi connectivity index (χ0n) is 11.9. The molecule has 0 aromatic heterocycles. The lowest BCUT2D eigenvalue weighted by Crippen LogP contribution is -2.29. The molecule has 1 fully saturated rings. The van der Waals surface area contributed by atoms with E-state index in [1.807, 2.05) is 0 Å². The van der Waals surface area contributed by atoms with Crippen LogP contribution in [0.15, 0.2) is 24.3 Å². The van der Waals surface area contributed by atoms with Crippen LogP contribution in [0, 0.1) is 10.1 Å². The van der Waals surface area contributed by atoms with Gasteiger partial charge in [-0.2, -0.15) is 0 Å². The van der Waals surface area contributed by atoms with Gasteiger partial charge in [-0.1, -0.05) is 13.0 Å². The van der Waals surface area contributed by atoms with Crippen LogP contribution in [-0.4, -0.2) is 28.6 Å². The number of hydrogen-bond acceptors (Lipinski definition) is 4. The highest BCUT2D eigenvalue weighted by molar-refractivity contribution is 5.85. The van der Waals surface area contributed by atoms with Crippen molar-refractivity contribution in [3.05, 3.63) is 40.0 Å². The Morgan fingerprint density at radius 1 is 1.57 bits per heavy atom. The number of anilines is 1. The molecule has 6 heteroatoms. The van der Waals surface area contributed by atoms with Gasteiger partial charge in [0, 0.05) is 24.7 Å². The minimum absolute atomic E-state index is 0.0305. The van der Waals surface area contributed by atoms with Gasteiger partial charge in [-0.15, -0.1) is 0 Å². The van der Waals surface area contributed by atoms with Gasteiger partial charge in [0.25, 0.3) is 5.69 Å². The van der Waals surface area contributed by atoms with Crippen LogP contribution in [0.25, 0.3) is 6.08 Å². The molecule has 0 spiro atoms. The summed E-state index contributed by atoms with van der Waals surface area (Å²) in [6.45, 7) is 2.91. The Hall–Kier alpha value is -2.37. The summed E-state index contributed by atoms with van der Waals surface area (Å²) in [7, 11) is 0. The van der Waals surface area contributed by atoms with Crippen LogP contribution in [0.4, 0.5) is 11.4 Å². The summed E-state index contributed by atoms with van der Waals surface area (Å²) in [4.78, 5) is 23.5. The van der Waals surface area contributed by atoms with Crippen molar-refractivity contribution in [1.29, 1.82) is 0 Å². The second kappa shape index (κ2) is 6.39. The Kier molecular flexibility index (Phi) is 4.57. The Morgan fingerprint density at radius 2 is 2.33 bits per heavy atom. The largest absolute Gasteiger partial charge is 0.478 e. The van der Waals surface area contributed by atoms with Gasteiger partial charge in [0.15, 0.2) is 0 Å². The van der Waals surface area contributed by atoms with E-state index in [9.17, 15) is 14.9 Å². The number of aliphatic carboxylic acids is 1. The lowest BCUT2D eigenvalue weighted by atomic mass is 10.1. The molecule has 1 N–H and O–H groups in total. The molecule has 1 aliphatic heterocycles. The molecule has 21 heavy (non-hydrogen) atoms. The number of carbonyl (C=O) groups is 1. The van der Waals surface area contributed by atoms with Gasteiger partial charge in [-0.25, -0.2) is 4.79 Å². The summed E-state index contributed by atoms with van der Waals surface area (Å²) < 4.78 is 0. The second-order valence-electron chi connectivity index (χ2n) is 5.07. The molecule has 1 aromatic rings. The average molecular weight is 290 g/mol. The second-order valence-corrected chi connectivity index (χ2v) is 5.07. The lowest BCUT2D eigenvalue weighted by molar-refractivity contribution is -0.384. The molecule has 6 nitrogen and oxygen atoms in total. The highest BCUT2D eigenvalue weighted by Gasteiger charge is 2.28. The summed E-state index contributed by atoms with van der Waals surface area (Å²) >= 11 is 0. The van der Waals surface area contributed by atoms with Crippen molar-refractivity contribution < 1.29 is 14.8 Å². The molecular weight excluding hydrogens is 272 g/mol. The third-order valence-corrected chi connectivity index (χ3v) is 3.77. The van der Waals surface area contributed by atoms with Gasteiger partial charge < -0.3 is 10.0 Å². The van der Waals surface area contributed by atoms with Crippen molar-refractivity contribution in [1.82, 2.24) is 0 Å². The number of nitrogens with zero attached hydrogens (tertiary/aromatic N) is 2. The highest BCUT2D eigenvalue weighted by Crippen LogP contribution is 2.35. The molecule has 1 aliphatic rings. The molecule has 0 aliphatic carbocycles. The Morgan fingerprint density at radius 3 is 2.95 bits per heavy atom. The van der Waals surface area contributed by atoms with E-state index in [1.54, 1.807) is 12.1 Å². The van der Waals surface area contributed by atoms with E-state index in [-0.39, 0.29) is 5.69 Å². The van der Waals surface area contributed by atoms with Gasteiger partial charge in [0.1, 0.15) is 5.69 Å². The minimum atomic E-state index is -1.08. The SMILES string of the molecule is CCC1CCCN1c1ccc(/C=C/C(=O)O)cc1[N+](=O)[O-]. The lowest BCUT2D eigenvalue weighted by Gasteiger charge is -2.25. The molecule has 1 aromatic carbocycles. The monoisotopic (exact) mass is 290 g/mol. The molecule has 1 atom stereocenters. The topological polar surface area (TPSA) is 83.7 Å². The molecule has 2 rings (SSSR count). The zero-order valence-corrected chi connectivity index (χ0v) is 11.9. The van der Waals surface area contributed by atoms with E-state index in [0.717, 1.165) is 31.9 Å². The summed E-state index contributed by atoms with van der Waals surface area (Å²) in [5.74, 6) is -1.08. The van der Waals surface area contributed by atoms with Crippen LogP contribution >= 0.6 is 0 Å². The van der Waals surface area contributed by atoms with Crippen LogP contribution in [0.3, 0.4) is 0 Å². The van der Waals surface area contributed by atoms with Gasteiger partial charge in [-0.3, -0.25) is 10.1 Å². The van der Waals surface area contributed by atoms with E-state index in [1.165, 1.54) is 12.1 Å². The molecule has 0 bridgehead atoms. The number of rotatable bonds is 5. The maximum atomic E-state index is 11.3. The first kappa shape index (κ1) is 15.0. The van der Waals surface area contributed by atoms with Crippen molar-refractivity contribution in [3.63, 3.8) is 0 Å². The standard InChI is InChI=1S/C15H18N2O4/c1-2-12-4-3-9-16(12)13-7-5-11(6-8-15(18)19)10-14(13)17(20)21/h5-8,10,12H,2-4,9H2,1H3,(H,18,19)/b8-6+. The predicted molar refractivity (Wildman–Crippen MR) is 80.4 cm³/mol. The van der Waals surface area contributed by atoms with E-state index in [4.69, 9.17) is 5.11 Å². The summed E-state index contributed by atoms with van der Waals surface area (Å²) in [5, 5.41) is 19.9. The third-order valence-electron chi connectivity index (χ3n) is 3.77. The Labute approximate surface area is 122 Å².